The fourth-order valence-electron chi connectivity index (χ4n) is 3.87. The maximum absolute atomic E-state index is 13.4. The third kappa shape index (κ3) is 4.43. The predicted octanol–water partition coefficient (Wildman–Crippen LogP) is 1.90. The SMILES string of the molecule is COC(=O)c1csc(NC(=O)C(Cc2cccnc2)N2C(=O)NC(c3ccc4c(c3)OCO4)C2=O)n1. The molecule has 0 radical (unpaired) electrons. The van der Waals surface area contributed by atoms with E-state index in [-0.39, 0.29) is 24.0 Å². The van der Waals surface area contributed by atoms with E-state index in [0.717, 1.165) is 16.2 Å². The zero-order chi connectivity index (χ0) is 25.2. The lowest BCUT2D eigenvalue weighted by atomic mass is 10.0. The molecule has 0 spiro atoms. The number of aromatic nitrogens is 2. The highest BCUT2D eigenvalue weighted by Crippen LogP contribution is 2.36. The molecule has 2 atom stereocenters. The Morgan fingerprint density at radius 3 is 2.89 bits per heavy atom. The number of imide groups is 1. The number of ether oxygens (including phenoxy) is 3. The number of urea groups is 1. The summed E-state index contributed by atoms with van der Waals surface area (Å²) in [5.74, 6) is -0.908. The molecule has 2 aliphatic rings. The van der Waals surface area contributed by atoms with E-state index in [0.29, 0.717) is 22.6 Å². The Labute approximate surface area is 208 Å². The van der Waals surface area contributed by atoms with Crippen LogP contribution in [-0.4, -0.2) is 58.6 Å². The number of nitrogens with zero attached hydrogens (tertiary/aromatic N) is 3. The molecule has 13 heteroatoms. The number of pyridine rings is 1. The van der Waals surface area contributed by atoms with Gasteiger partial charge in [0.1, 0.15) is 12.1 Å². The number of nitrogens with one attached hydrogen (secondary N) is 2. The van der Waals surface area contributed by atoms with Crippen molar-refractivity contribution in [3.8, 4) is 11.5 Å². The first-order valence-corrected chi connectivity index (χ1v) is 11.6. The molecular weight excluding hydrogens is 490 g/mol. The molecule has 0 saturated carbocycles. The van der Waals surface area contributed by atoms with Crippen LogP contribution < -0.4 is 20.1 Å². The Kier molecular flexibility index (Phi) is 6.21. The highest BCUT2D eigenvalue weighted by atomic mass is 32.1. The van der Waals surface area contributed by atoms with Gasteiger partial charge in [0.05, 0.1) is 7.11 Å². The van der Waals surface area contributed by atoms with Crippen molar-refractivity contribution in [2.24, 2.45) is 0 Å². The summed E-state index contributed by atoms with van der Waals surface area (Å²) < 4.78 is 15.3. The van der Waals surface area contributed by atoms with Gasteiger partial charge in [-0.05, 0) is 29.3 Å². The van der Waals surface area contributed by atoms with Crippen LogP contribution in [0.3, 0.4) is 0 Å². The quantitative estimate of drug-likeness (QED) is 0.360. The molecular formula is C23H19N5O7S. The largest absolute Gasteiger partial charge is 0.464 e. The number of rotatable bonds is 7. The van der Waals surface area contributed by atoms with E-state index in [4.69, 9.17) is 9.47 Å². The van der Waals surface area contributed by atoms with Gasteiger partial charge in [0, 0.05) is 24.2 Å². The molecule has 5 rings (SSSR count). The molecule has 184 valence electrons. The Morgan fingerprint density at radius 2 is 2.11 bits per heavy atom. The van der Waals surface area contributed by atoms with Crippen molar-refractivity contribution in [3.63, 3.8) is 0 Å². The summed E-state index contributed by atoms with van der Waals surface area (Å²) in [6.07, 6.45) is 3.14. The summed E-state index contributed by atoms with van der Waals surface area (Å²) in [6, 6.07) is 5.40. The minimum absolute atomic E-state index is 0.0158. The van der Waals surface area contributed by atoms with E-state index >= 15 is 0 Å². The molecule has 0 aliphatic carbocycles. The van der Waals surface area contributed by atoms with Gasteiger partial charge in [0.2, 0.25) is 12.7 Å². The highest BCUT2D eigenvalue weighted by molar-refractivity contribution is 7.14. The van der Waals surface area contributed by atoms with Gasteiger partial charge < -0.3 is 24.8 Å². The summed E-state index contributed by atoms with van der Waals surface area (Å²) in [5, 5.41) is 6.79. The second kappa shape index (κ2) is 9.62. The lowest BCUT2D eigenvalue weighted by molar-refractivity contribution is -0.134. The number of methoxy groups -OCH3 is 1. The Morgan fingerprint density at radius 1 is 1.28 bits per heavy atom. The smallest absolute Gasteiger partial charge is 0.357 e. The number of esters is 1. The monoisotopic (exact) mass is 509 g/mol. The summed E-state index contributed by atoms with van der Waals surface area (Å²) in [7, 11) is 1.22. The number of thiazole rings is 1. The van der Waals surface area contributed by atoms with Gasteiger partial charge in [-0.1, -0.05) is 12.1 Å². The molecule has 1 aromatic carbocycles. The summed E-state index contributed by atoms with van der Waals surface area (Å²) in [5.41, 5.74) is 1.15. The normalized spacial score (nSPS) is 17.0. The van der Waals surface area contributed by atoms with Crippen LogP contribution >= 0.6 is 11.3 Å². The summed E-state index contributed by atoms with van der Waals surface area (Å²) >= 11 is 1.01. The molecule has 36 heavy (non-hydrogen) atoms. The molecule has 2 unspecified atom stereocenters. The van der Waals surface area contributed by atoms with Gasteiger partial charge in [-0.25, -0.2) is 19.5 Å². The fraction of sp³-hybridized carbons (Fsp3) is 0.217. The van der Waals surface area contributed by atoms with Crippen molar-refractivity contribution < 1.29 is 33.4 Å². The van der Waals surface area contributed by atoms with Crippen molar-refractivity contribution in [1.82, 2.24) is 20.2 Å². The van der Waals surface area contributed by atoms with Crippen molar-refractivity contribution in [2.45, 2.75) is 18.5 Å². The molecule has 12 nitrogen and oxygen atoms in total. The van der Waals surface area contributed by atoms with E-state index in [1.54, 1.807) is 42.7 Å². The minimum Gasteiger partial charge on any atom is -0.464 e. The molecule has 2 N–H and O–H groups in total. The number of benzene rings is 1. The zero-order valence-electron chi connectivity index (χ0n) is 18.8. The van der Waals surface area contributed by atoms with Crippen LogP contribution in [0.4, 0.5) is 9.93 Å². The van der Waals surface area contributed by atoms with Gasteiger partial charge in [0.15, 0.2) is 22.3 Å². The van der Waals surface area contributed by atoms with Crippen molar-refractivity contribution in [1.29, 1.82) is 0 Å². The van der Waals surface area contributed by atoms with Crippen LogP contribution in [0.15, 0.2) is 48.1 Å². The fourth-order valence-corrected chi connectivity index (χ4v) is 4.55. The van der Waals surface area contributed by atoms with Gasteiger partial charge >= 0.3 is 12.0 Å². The lowest BCUT2D eigenvalue weighted by Crippen LogP contribution is -2.49. The molecule has 3 aromatic rings. The van der Waals surface area contributed by atoms with Crippen LogP contribution in [0, 0.1) is 0 Å². The second-order valence-electron chi connectivity index (χ2n) is 7.80. The zero-order valence-corrected chi connectivity index (χ0v) is 19.6. The van der Waals surface area contributed by atoms with E-state index in [1.807, 2.05) is 0 Å². The number of hydrogen-bond donors (Lipinski definition) is 2. The van der Waals surface area contributed by atoms with Crippen LogP contribution in [-0.2, 0) is 20.7 Å². The lowest BCUT2D eigenvalue weighted by Gasteiger charge is -2.24. The highest BCUT2D eigenvalue weighted by Gasteiger charge is 2.45. The van der Waals surface area contributed by atoms with E-state index < -0.39 is 35.9 Å². The maximum Gasteiger partial charge on any atom is 0.357 e. The number of amides is 4. The van der Waals surface area contributed by atoms with Gasteiger partial charge in [-0.3, -0.25) is 14.6 Å². The molecule has 4 heterocycles. The first kappa shape index (κ1) is 23.2. The average Bonchev–Trinajstić information content (AvgIpc) is 3.61. The number of anilines is 1. The molecule has 2 aromatic heterocycles. The number of fused-ring (bicyclic) bond motifs is 1. The van der Waals surface area contributed by atoms with Crippen molar-refractivity contribution in [3.05, 3.63) is 64.9 Å². The third-order valence-electron chi connectivity index (χ3n) is 5.60. The number of hydrogen-bond acceptors (Lipinski definition) is 10. The van der Waals surface area contributed by atoms with Crippen LogP contribution in [0.1, 0.15) is 27.7 Å². The first-order chi connectivity index (χ1) is 17.4. The van der Waals surface area contributed by atoms with Crippen LogP contribution in [0.25, 0.3) is 0 Å². The summed E-state index contributed by atoms with van der Waals surface area (Å²) in [6.45, 7) is 0.0672. The average molecular weight is 510 g/mol. The van der Waals surface area contributed by atoms with Crippen LogP contribution in [0.2, 0.25) is 0 Å². The van der Waals surface area contributed by atoms with E-state index in [2.05, 4.69) is 25.3 Å². The molecule has 1 saturated heterocycles. The van der Waals surface area contributed by atoms with Crippen molar-refractivity contribution in [2.75, 3.05) is 19.2 Å². The van der Waals surface area contributed by atoms with Crippen LogP contribution in [0.5, 0.6) is 11.5 Å². The Hall–Kier alpha value is -4.52. The molecule has 4 amide bonds. The molecule has 1 fully saturated rings. The number of carbonyl (C=O) groups is 4. The topological polar surface area (TPSA) is 149 Å². The third-order valence-corrected chi connectivity index (χ3v) is 6.35. The van der Waals surface area contributed by atoms with E-state index in [9.17, 15) is 19.2 Å². The summed E-state index contributed by atoms with van der Waals surface area (Å²) in [4.78, 5) is 60.5. The Bertz CT molecular complexity index is 1350. The first-order valence-electron chi connectivity index (χ1n) is 10.7. The van der Waals surface area contributed by atoms with Crippen molar-refractivity contribution >= 4 is 40.3 Å². The van der Waals surface area contributed by atoms with E-state index in [1.165, 1.54) is 12.5 Å². The van der Waals surface area contributed by atoms with Gasteiger partial charge in [-0.15, -0.1) is 11.3 Å². The molecule has 2 aliphatic heterocycles. The Balaban J connectivity index is 1.42. The van der Waals surface area contributed by atoms with Gasteiger partial charge in [0.25, 0.3) is 5.91 Å². The maximum atomic E-state index is 13.4. The van der Waals surface area contributed by atoms with Gasteiger partial charge in [-0.2, -0.15) is 0 Å². The second-order valence-corrected chi connectivity index (χ2v) is 8.66. The predicted molar refractivity (Wildman–Crippen MR) is 124 cm³/mol. The molecule has 0 bridgehead atoms. The number of carbonyl (C=O) groups excluding carboxylic acids is 4. The standard InChI is InChI=1S/C23H19N5O7S/c1-33-21(31)14-10-36-22(25-14)27-19(29)15(7-12-3-2-6-24-9-12)28-20(30)18(26-23(28)32)13-4-5-16-17(8-13)35-11-34-16/h2-6,8-10,15,18H,7,11H2,1H3,(H,26,32)(H,25,27,29). The minimum atomic E-state index is -1.22.